The molecule has 0 heterocycles. The second kappa shape index (κ2) is 4.49. The van der Waals surface area contributed by atoms with E-state index in [1.54, 1.807) is 0 Å². The molecule has 1 fully saturated rings. The molecule has 0 aromatic heterocycles. The van der Waals surface area contributed by atoms with Crippen LogP contribution in [0.15, 0.2) is 24.3 Å². The third-order valence-electron chi connectivity index (χ3n) is 2.58. The highest BCUT2D eigenvalue weighted by Crippen LogP contribution is 2.27. The summed E-state index contributed by atoms with van der Waals surface area (Å²) in [5, 5.41) is 0. The molecule has 0 aliphatic heterocycles. The molecule has 0 bridgehead atoms. The van der Waals surface area contributed by atoms with Crippen molar-refractivity contribution in [2.24, 2.45) is 11.7 Å². The van der Waals surface area contributed by atoms with Gasteiger partial charge in [-0.05, 0) is 53.5 Å². The van der Waals surface area contributed by atoms with Crippen LogP contribution in [0.3, 0.4) is 0 Å². The molecule has 1 saturated carbocycles. The third kappa shape index (κ3) is 2.39. The Hall–Kier alpha value is -0.290. The maximum absolute atomic E-state index is 5.73. The van der Waals surface area contributed by atoms with Crippen LogP contribution in [0.5, 0.6) is 5.75 Å². The molecule has 0 radical (unpaired) electrons. The molecule has 0 amide bonds. The number of nitrogens with two attached hydrogens (primary N) is 1. The van der Waals surface area contributed by atoms with E-state index in [0.29, 0.717) is 12.0 Å². The van der Waals surface area contributed by atoms with E-state index in [0.717, 1.165) is 25.2 Å². The van der Waals surface area contributed by atoms with Crippen LogP contribution >= 0.6 is 22.6 Å². The van der Waals surface area contributed by atoms with Gasteiger partial charge < -0.3 is 10.5 Å². The monoisotopic (exact) mass is 303 g/mol. The maximum atomic E-state index is 5.73. The fourth-order valence-corrected chi connectivity index (χ4v) is 2.24. The molecule has 1 aromatic rings. The van der Waals surface area contributed by atoms with Crippen LogP contribution in [0.25, 0.3) is 0 Å². The molecule has 0 spiro atoms. The van der Waals surface area contributed by atoms with Crippen LogP contribution in [-0.2, 0) is 0 Å². The molecule has 2 N–H and O–H groups in total. The first-order valence-electron chi connectivity index (χ1n) is 4.88. The Morgan fingerprint density at radius 2 is 2.07 bits per heavy atom. The van der Waals surface area contributed by atoms with Crippen LogP contribution in [0.4, 0.5) is 0 Å². The molecule has 1 aromatic carbocycles. The van der Waals surface area contributed by atoms with Crippen molar-refractivity contribution in [3.63, 3.8) is 0 Å². The second-order valence-electron chi connectivity index (χ2n) is 3.84. The quantitative estimate of drug-likeness (QED) is 0.870. The third-order valence-corrected chi connectivity index (χ3v) is 3.47. The first kappa shape index (κ1) is 10.2. The molecule has 2 nitrogen and oxygen atoms in total. The van der Waals surface area contributed by atoms with Gasteiger partial charge in [0.1, 0.15) is 5.75 Å². The van der Waals surface area contributed by atoms with Crippen molar-refractivity contribution in [1.82, 2.24) is 0 Å². The normalized spacial score (nSPS) is 25.6. The second-order valence-corrected chi connectivity index (χ2v) is 5.00. The lowest BCUT2D eigenvalue weighted by molar-refractivity contribution is 0.159. The average molecular weight is 303 g/mol. The minimum atomic E-state index is 0.415. The van der Waals surface area contributed by atoms with Gasteiger partial charge in [0.2, 0.25) is 0 Å². The number of hydrogen-bond acceptors (Lipinski definition) is 2. The van der Waals surface area contributed by atoms with E-state index in [1.165, 1.54) is 3.57 Å². The van der Waals surface area contributed by atoms with Gasteiger partial charge >= 0.3 is 0 Å². The molecular formula is C11H14INO. The predicted molar refractivity (Wildman–Crippen MR) is 65.4 cm³/mol. The predicted octanol–water partition coefficient (Wildman–Crippen LogP) is 2.41. The maximum Gasteiger partial charge on any atom is 0.132 e. The average Bonchev–Trinajstić information content (AvgIpc) is 2.13. The zero-order chi connectivity index (χ0) is 9.97. The van der Waals surface area contributed by atoms with Crippen molar-refractivity contribution in [2.45, 2.75) is 18.9 Å². The van der Waals surface area contributed by atoms with Crippen molar-refractivity contribution in [3.8, 4) is 5.75 Å². The summed E-state index contributed by atoms with van der Waals surface area (Å²) < 4.78 is 6.90. The molecule has 2 rings (SSSR count). The van der Waals surface area contributed by atoms with Crippen LogP contribution in [-0.4, -0.2) is 12.6 Å². The summed E-state index contributed by atoms with van der Waals surface area (Å²) in [5.74, 6) is 1.66. The topological polar surface area (TPSA) is 35.2 Å². The standard InChI is InChI=1S/C11H14INO/c12-10-3-1-2-4-11(10)14-7-8-5-9(13)6-8/h1-4,8-9H,5-7,13H2. The summed E-state index contributed by atoms with van der Waals surface area (Å²) in [6.07, 6.45) is 2.23. The van der Waals surface area contributed by atoms with Crippen molar-refractivity contribution < 1.29 is 4.74 Å². The lowest BCUT2D eigenvalue weighted by atomic mass is 9.82. The summed E-state index contributed by atoms with van der Waals surface area (Å²) >= 11 is 2.29. The van der Waals surface area contributed by atoms with E-state index >= 15 is 0 Å². The lowest BCUT2D eigenvalue weighted by Crippen LogP contribution is -2.39. The Morgan fingerprint density at radius 3 is 2.71 bits per heavy atom. The van der Waals surface area contributed by atoms with E-state index in [1.807, 2.05) is 18.2 Å². The van der Waals surface area contributed by atoms with Crippen LogP contribution in [0.2, 0.25) is 0 Å². The Labute approximate surface area is 98.0 Å². The number of halogens is 1. The van der Waals surface area contributed by atoms with Gasteiger partial charge in [0.25, 0.3) is 0 Å². The molecular weight excluding hydrogens is 289 g/mol. The molecule has 1 aliphatic rings. The fraction of sp³-hybridized carbons (Fsp3) is 0.455. The van der Waals surface area contributed by atoms with Gasteiger partial charge in [-0.15, -0.1) is 0 Å². The van der Waals surface area contributed by atoms with E-state index in [2.05, 4.69) is 28.7 Å². The fourth-order valence-electron chi connectivity index (χ4n) is 1.69. The van der Waals surface area contributed by atoms with Gasteiger partial charge in [-0.25, -0.2) is 0 Å². The molecule has 3 heteroatoms. The largest absolute Gasteiger partial charge is 0.492 e. The zero-order valence-electron chi connectivity index (χ0n) is 7.95. The molecule has 0 saturated heterocycles. The number of ether oxygens (including phenoxy) is 1. The smallest absolute Gasteiger partial charge is 0.132 e. The molecule has 0 atom stereocenters. The van der Waals surface area contributed by atoms with E-state index in [4.69, 9.17) is 10.5 Å². The Balaban J connectivity index is 1.83. The SMILES string of the molecule is NC1CC(COc2ccccc2I)C1. The molecule has 1 aliphatic carbocycles. The van der Waals surface area contributed by atoms with Crippen molar-refractivity contribution in [2.75, 3.05) is 6.61 Å². The first-order valence-corrected chi connectivity index (χ1v) is 5.96. The van der Waals surface area contributed by atoms with Gasteiger partial charge in [-0.3, -0.25) is 0 Å². The van der Waals surface area contributed by atoms with Gasteiger partial charge in [0, 0.05) is 6.04 Å². The zero-order valence-corrected chi connectivity index (χ0v) is 10.1. The number of benzene rings is 1. The summed E-state index contributed by atoms with van der Waals surface area (Å²) in [7, 11) is 0. The number of rotatable bonds is 3. The van der Waals surface area contributed by atoms with E-state index in [-0.39, 0.29) is 0 Å². The minimum absolute atomic E-state index is 0.415. The van der Waals surface area contributed by atoms with Crippen LogP contribution in [0, 0.1) is 9.49 Å². The van der Waals surface area contributed by atoms with Gasteiger partial charge in [0.05, 0.1) is 10.2 Å². The molecule has 14 heavy (non-hydrogen) atoms. The van der Waals surface area contributed by atoms with Crippen molar-refractivity contribution in [1.29, 1.82) is 0 Å². The van der Waals surface area contributed by atoms with Crippen molar-refractivity contribution >= 4 is 22.6 Å². The summed E-state index contributed by atoms with van der Waals surface area (Å²) in [5.41, 5.74) is 5.71. The highest BCUT2D eigenvalue weighted by Gasteiger charge is 2.26. The molecule has 76 valence electrons. The van der Waals surface area contributed by atoms with Gasteiger partial charge in [0.15, 0.2) is 0 Å². The minimum Gasteiger partial charge on any atom is -0.492 e. The van der Waals surface area contributed by atoms with Gasteiger partial charge in [-0.2, -0.15) is 0 Å². The van der Waals surface area contributed by atoms with E-state index < -0.39 is 0 Å². The highest BCUT2D eigenvalue weighted by atomic mass is 127. The van der Waals surface area contributed by atoms with Crippen molar-refractivity contribution in [3.05, 3.63) is 27.8 Å². The highest BCUT2D eigenvalue weighted by molar-refractivity contribution is 14.1. The van der Waals surface area contributed by atoms with Crippen LogP contribution < -0.4 is 10.5 Å². The Kier molecular flexibility index (Phi) is 3.28. The summed E-state index contributed by atoms with van der Waals surface area (Å²) in [4.78, 5) is 0. The first-order chi connectivity index (χ1) is 6.75. The number of para-hydroxylation sites is 1. The number of hydrogen-bond donors (Lipinski definition) is 1. The van der Waals surface area contributed by atoms with Crippen LogP contribution in [0.1, 0.15) is 12.8 Å². The van der Waals surface area contributed by atoms with Gasteiger partial charge in [-0.1, -0.05) is 12.1 Å². The summed E-state index contributed by atoms with van der Waals surface area (Å²) in [6.45, 7) is 0.813. The molecule has 0 unspecified atom stereocenters. The lowest BCUT2D eigenvalue weighted by Gasteiger charge is -2.32. The Bertz CT molecular complexity index is 310. The summed E-state index contributed by atoms with van der Waals surface area (Å²) in [6, 6.07) is 8.51. The Morgan fingerprint density at radius 1 is 1.36 bits per heavy atom. The van der Waals surface area contributed by atoms with E-state index in [9.17, 15) is 0 Å².